The fourth-order valence-corrected chi connectivity index (χ4v) is 1.43. The third kappa shape index (κ3) is 4.83. The fourth-order valence-electron chi connectivity index (χ4n) is 1.43. The largest absolute Gasteiger partial charge is 0.478 e. The first-order valence-corrected chi connectivity index (χ1v) is 5.65. The van der Waals surface area contributed by atoms with E-state index in [1.165, 1.54) is 0 Å². The Morgan fingerprint density at radius 2 is 2.00 bits per heavy atom. The lowest BCUT2D eigenvalue weighted by atomic mass is 10.2. The predicted octanol–water partition coefficient (Wildman–Crippen LogP) is 1.52. The number of aliphatic hydroxyl groups excluding tert-OH is 1. The standard InChI is InChI=1S/C7H6O2.C6H12O3/c8-7(9)6-4-2-1-3-5-6;1-6(2)8-4-5(3-7)9-6/h1-5H,(H,8,9);5,7H,3-4H2,1-2H3/t;5-/m.1/s1. The van der Waals surface area contributed by atoms with Gasteiger partial charge in [-0.3, -0.25) is 0 Å². The number of hydrogen-bond donors (Lipinski definition) is 2. The van der Waals surface area contributed by atoms with Crippen LogP contribution >= 0.6 is 0 Å². The number of rotatable bonds is 2. The molecule has 1 aromatic carbocycles. The summed E-state index contributed by atoms with van der Waals surface area (Å²) in [6.07, 6.45) is -0.125. The molecule has 1 atom stereocenters. The minimum absolute atomic E-state index is 0.0451. The van der Waals surface area contributed by atoms with Crippen LogP contribution in [0.2, 0.25) is 0 Å². The van der Waals surface area contributed by atoms with Gasteiger partial charge in [-0.1, -0.05) is 18.2 Å². The summed E-state index contributed by atoms with van der Waals surface area (Å²) in [6.45, 7) is 4.22. The molecule has 1 fully saturated rings. The van der Waals surface area contributed by atoms with Crippen molar-refractivity contribution in [2.75, 3.05) is 13.2 Å². The van der Waals surface area contributed by atoms with E-state index in [-0.39, 0.29) is 12.7 Å². The van der Waals surface area contributed by atoms with Gasteiger partial charge in [0.15, 0.2) is 5.79 Å². The summed E-state index contributed by atoms with van der Waals surface area (Å²) in [5.41, 5.74) is 0.331. The number of aromatic carboxylic acids is 1. The van der Waals surface area contributed by atoms with Gasteiger partial charge in [-0.05, 0) is 26.0 Å². The van der Waals surface area contributed by atoms with Crippen LogP contribution in [0.4, 0.5) is 0 Å². The molecule has 2 N–H and O–H groups in total. The quantitative estimate of drug-likeness (QED) is 0.836. The predicted molar refractivity (Wildman–Crippen MR) is 65.4 cm³/mol. The Morgan fingerprint density at radius 1 is 1.39 bits per heavy atom. The van der Waals surface area contributed by atoms with Crippen LogP contribution in [0.3, 0.4) is 0 Å². The summed E-state index contributed by atoms with van der Waals surface area (Å²) in [5, 5.41) is 17.0. The summed E-state index contributed by atoms with van der Waals surface area (Å²) in [7, 11) is 0. The molecule has 18 heavy (non-hydrogen) atoms. The molecular weight excluding hydrogens is 236 g/mol. The van der Waals surface area contributed by atoms with Crippen LogP contribution in [-0.2, 0) is 9.47 Å². The maximum Gasteiger partial charge on any atom is 0.335 e. The number of ether oxygens (including phenoxy) is 2. The lowest BCUT2D eigenvalue weighted by Crippen LogP contribution is -2.22. The second kappa shape index (κ2) is 6.49. The first-order chi connectivity index (χ1) is 8.44. The van der Waals surface area contributed by atoms with Crippen LogP contribution < -0.4 is 0 Å². The SMILES string of the molecule is CC1(C)OC[C@@H](CO)O1.O=C(O)c1ccccc1. The fraction of sp³-hybridized carbons (Fsp3) is 0.462. The Labute approximate surface area is 106 Å². The van der Waals surface area contributed by atoms with Crippen molar-refractivity contribution in [3.8, 4) is 0 Å². The lowest BCUT2D eigenvalue weighted by Gasteiger charge is -2.15. The summed E-state index contributed by atoms with van der Waals surface area (Å²) in [5.74, 6) is -1.37. The first-order valence-electron chi connectivity index (χ1n) is 5.65. The Balaban J connectivity index is 0.000000180. The van der Waals surface area contributed by atoms with E-state index >= 15 is 0 Å². The van der Waals surface area contributed by atoms with Gasteiger partial charge in [-0.15, -0.1) is 0 Å². The number of benzene rings is 1. The molecule has 0 unspecified atom stereocenters. The van der Waals surface area contributed by atoms with Crippen LogP contribution in [0.15, 0.2) is 30.3 Å². The van der Waals surface area contributed by atoms with Gasteiger partial charge in [0.05, 0.1) is 18.8 Å². The van der Waals surface area contributed by atoms with Gasteiger partial charge in [0.1, 0.15) is 6.10 Å². The highest BCUT2D eigenvalue weighted by Gasteiger charge is 2.31. The van der Waals surface area contributed by atoms with E-state index in [0.29, 0.717) is 12.2 Å². The minimum atomic E-state index is -0.879. The van der Waals surface area contributed by atoms with E-state index in [1.807, 2.05) is 13.8 Å². The van der Waals surface area contributed by atoms with Crippen LogP contribution in [0, 0.1) is 0 Å². The highest BCUT2D eigenvalue weighted by atomic mass is 16.7. The number of carbonyl (C=O) groups is 1. The van der Waals surface area contributed by atoms with Crippen LogP contribution in [0.25, 0.3) is 0 Å². The van der Waals surface area contributed by atoms with E-state index in [9.17, 15) is 4.79 Å². The Bertz CT molecular complexity index is 374. The highest BCUT2D eigenvalue weighted by Crippen LogP contribution is 2.21. The van der Waals surface area contributed by atoms with Crippen molar-refractivity contribution in [3.63, 3.8) is 0 Å². The topological polar surface area (TPSA) is 76.0 Å². The summed E-state index contributed by atoms with van der Waals surface area (Å²) >= 11 is 0. The Kier molecular flexibility index (Phi) is 5.27. The number of hydrogen-bond acceptors (Lipinski definition) is 4. The zero-order valence-electron chi connectivity index (χ0n) is 10.5. The molecule has 1 aliphatic heterocycles. The molecule has 5 nitrogen and oxygen atoms in total. The molecule has 1 aromatic rings. The summed E-state index contributed by atoms with van der Waals surface area (Å²) in [4.78, 5) is 10.2. The van der Waals surface area contributed by atoms with Crippen LogP contribution in [-0.4, -0.2) is 41.3 Å². The maximum absolute atomic E-state index is 10.2. The lowest BCUT2D eigenvalue weighted by molar-refractivity contribution is -0.142. The monoisotopic (exact) mass is 254 g/mol. The van der Waals surface area contributed by atoms with Gasteiger partial charge >= 0.3 is 5.97 Å². The molecular formula is C13H18O5. The van der Waals surface area contributed by atoms with Crippen molar-refractivity contribution >= 4 is 5.97 Å². The summed E-state index contributed by atoms with van der Waals surface area (Å²) < 4.78 is 10.4. The second-order valence-corrected chi connectivity index (χ2v) is 4.30. The average Bonchev–Trinajstić information content (AvgIpc) is 2.71. The maximum atomic E-state index is 10.2. The average molecular weight is 254 g/mol. The normalized spacial score (nSPS) is 20.9. The third-order valence-electron chi connectivity index (χ3n) is 2.29. The van der Waals surface area contributed by atoms with Crippen molar-refractivity contribution in [1.82, 2.24) is 0 Å². The Morgan fingerprint density at radius 3 is 2.28 bits per heavy atom. The van der Waals surface area contributed by atoms with Crippen LogP contribution in [0.5, 0.6) is 0 Å². The van der Waals surface area contributed by atoms with Crippen molar-refractivity contribution in [2.24, 2.45) is 0 Å². The van der Waals surface area contributed by atoms with E-state index < -0.39 is 11.8 Å². The van der Waals surface area contributed by atoms with Crippen molar-refractivity contribution < 1.29 is 24.5 Å². The van der Waals surface area contributed by atoms with Crippen LogP contribution in [0.1, 0.15) is 24.2 Å². The van der Waals surface area contributed by atoms with Gasteiger partial charge in [0.25, 0.3) is 0 Å². The first kappa shape index (κ1) is 14.6. The van der Waals surface area contributed by atoms with Crippen molar-refractivity contribution in [2.45, 2.75) is 25.7 Å². The van der Waals surface area contributed by atoms with Gasteiger partial charge in [0.2, 0.25) is 0 Å². The molecule has 0 spiro atoms. The van der Waals surface area contributed by atoms with E-state index in [2.05, 4.69) is 0 Å². The minimum Gasteiger partial charge on any atom is -0.478 e. The zero-order valence-corrected chi connectivity index (χ0v) is 10.5. The molecule has 1 saturated heterocycles. The highest BCUT2D eigenvalue weighted by molar-refractivity contribution is 5.87. The van der Waals surface area contributed by atoms with E-state index in [1.54, 1.807) is 30.3 Å². The van der Waals surface area contributed by atoms with Crippen molar-refractivity contribution in [3.05, 3.63) is 35.9 Å². The third-order valence-corrected chi connectivity index (χ3v) is 2.29. The molecule has 0 aromatic heterocycles. The van der Waals surface area contributed by atoms with Gasteiger partial charge in [0, 0.05) is 0 Å². The molecule has 5 heteroatoms. The molecule has 0 aliphatic carbocycles. The smallest absolute Gasteiger partial charge is 0.335 e. The summed E-state index contributed by atoms with van der Waals surface area (Å²) in [6, 6.07) is 8.30. The molecule has 0 bridgehead atoms. The molecule has 100 valence electrons. The van der Waals surface area contributed by atoms with Gasteiger partial charge in [-0.25, -0.2) is 4.79 Å². The zero-order chi connectivity index (χ0) is 13.6. The molecule has 0 saturated carbocycles. The number of carboxylic acid groups (broad SMARTS) is 1. The number of carboxylic acids is 1. The molecule has 0 amide bonds. The molecule has 0 radical (unpaired) electrons. The molecule has 2 rings (SSSR count). The van der Waals surface area contributed by atoms with E-state index in [4.69, 9.17) is 19.7 Å². The van der Waals surface area contributed by atoms with Gasteiger partial charge in [-0.2, -0.15) is 0 Å². The second-order valence-electron chi connectivity index (χ2n) is 4.30. The molecule has 1 aliphatic rings. The number of aliphatic hydroxyl groups is 1. The van der Waals surface area contributed by atoms with Crippen molar-refractivity contribution in [1.29, 1.82) is 0 Å². The van der Waals surface area contributed by atoms with Gasteiger partial charge < -0.3 is 19.7 Å². The van der Waals surface area contributed by atoms with E-state index in [0.717, 1.165) is 0 Å². The Hall–Kier alpha value is -1.43. The molecule has 1 heterocycles.